The van der Waals surface area contributed by atoms with Crippen LogP contribution in [0.15, 0.2) is 27.7 Å². The smallest absolute Gasteiger partial charge is 0.250 e. The van der Waals surface area contributed by atoms with E-state index in [4.69, 9.17) is 0 Å². The van der Waals surface area contributed by atoms with E-state index in [2.05, 4.69) is 44.5 Å². The van der Waals surface area contributed by atoms with Gasteiger partial charge in [0.2, 0.25) is 0 Å². The van der Waals surface area contributed by atoms with Crippen LogP contribution in [0.5, 0.6) is 0 Å². The maximum Gasteiger partial charge on any atom is 0.250 e. The van der Waals surface area contributed by atoms with Gasteiger partial charge in [0.05, 0.1) is 10.2 Å². The van der Waals surface area contributed by atoms with Crippen molar-refractivity contribution in [3.05, 3.63) is 27.5 Å². The lowest BCUT2D eigenvalue weighted by molar-refractivity contribution is -0.120. The Morgan fingerprint density at radius 2 is 2.21 bits per heavy atom. The Kier molecular flexibility index (Phi) is 4.58. The third kappa shape index (κ3) is 3.15. The number of carbonyl (C=O) groups excluding carboxylic acids is 1. The number of rotatable bonds is 3. The number of halogens is 1. The summed E-state index contributed by atoms with van der Waals surface area (Å²) in [6, 6.07) is 6.17. The van der Waals surface area contributed by atoms with Crippen LogP contribution in [0.3, 0.4) is 0 Å². The summed E-state index contributed by atoms with van der Waals surface area (Å²) in [6.07, 6.45) is 1.02. The molecule has 0 aliphatic heterocycles. The van der Waals surface area contributed by atoms with Gasteiger partial charge in [-0.25, -0.2) is 0 Å². The Morgan fingerprint density at radius 3 is 2.84 bits per heavy atom. The zero-order valence-corrected chi connectivity index (χ0v) is 13.7. The predicted molar refractivity (Wildman–Crippen MR) is 83.2 cm³/mol. The first-order valence-electron chi connectivity index (χ1n) is 6.40. The largest absolute Gasteiger partial charge is 0.316 e. The van der Waals surface area contributed by atoms with Crippen LogP contribution >= 0.6 is 27.3 Å². The number of hydrogen-bond donors (Lipinski definition) is 0. The zero-order valence-electron chi connectivity index (χ0n) is 11.3. The topological polar surface area (TPSA) is 34.4 Å². The fraction of sp³-hybridized carbons (Fsp3) is 0.429. The van der Waals surface area contributed by atoms with Crippen LogP contribution in [0, 0.1) is 5.92 Å². The molecule has 0 saturated carbocycles. The molecule has 1 heterocycles. The standard InChI is InChI=1S/C14H17BrN2OS/c1-4-7-17-11-6-5-10(15)8-12(11)19-14(17)16-13(18)9(2)3/h5-6,8-9H,4,7H2,1-3H3. The predicted octanol–water partition coefficient (Wildman–Crippen LogP) is 3.96. The number of fused-ring (bicyclic) bond motifs is 1. The van der Waals surface area contributed by atoms with Crippen LogP contribution in [-0.2, 0) is 11.3 Å². The highest BCUT2D eigenvalue weighted by atomic mass is 79.9. The summed E-state index contributed by atoms with van der Waals surface area (Å²) in [5.74, 6) is -0.123. The number of carbonyl (C=O) groups is 1. The lowest BCUT2D eigenvalue weighted by Crippen LogP contribution is -2.18. The quantitative estimate of drug-likeness (QED) is 0.832. The van der Waals surface area contributed by atoms with Crippen molar-refractivity contribution in [3.63, 3.8) is 0 Å². The molecular weight excluding hydrogens is 324 g/mol. The molecule has 0 aliphatic carbocycles. The van der Waals surface area contributed by atoms with E-state index < -0.39 is 0 Å². The van der Waals surface area contributed by atoms with E-state index in [1.54, 1.807) is 11.3 Å². The lowest BCUT2D eigenvalue weighted by atomic mass is 10.2. The SMILES string of the molecule is CCCn1c(=NC(=O)C(C)C)sc2cc(Br)ccc21. The van der Waals surface area contributed by atoms with Crippen molar-refractivity contribution in [1.29, 1.82) is 0 Å². The monoisotopic (exact) mass is 340 g/mol. The molecule has 1 amide bonds. The first-order chi connectivity index (χ1) is 9.02. The van der Waals surface area contributed by atoms with Gasteiger partial charge in [-0.05, 0) is 24.6 Å². The number of aryl methyl sites for hydroxylation is 1. The van der Waals surface area contributed by atoms with Gasteiger partial charge in [0.1, 0.15) is 0 Å². The van der Waals surface area contributed by atoms with Gasteiger partial charge >= 0.3 is 0 Å². The van der Waals surface area contributed by atoms with Crippen molar-refractivity contribution in [1.82, 2.24) is 4.57 Å². The Hall–Kier alpha value is -0.940. The summed E-state index contributed by atoms with van der Waals surface area (Å²) in [7, 11) is 0. The van der Waals surface area contributed by atoms with Crippen molar-refractivity contribution < 1.29 is 4.79 Å². The van der Waals surface area contributed by atoms with E-state index in [0.29, 0.717) is 0 Å². The minimum Gasteiger partial charge on any atom is -0.316 e. The van der Waals surface area contributed by atoms with Gasteiger partial charge in [0.25, 0.3) is 5.91 Å². The minimum absolute atomic E-state index is 0.0597. The Morgan fingerprint density at radius 1 is 1.47 bits per heavy atom. The number of benzene rings is 1. The van der Waals surface area contributed by atoms with Crippen LogP contribution in [0.1, 0.15) is 27.2 Å². The maximum absolute atomic E-state index is 11.8. The molecule has 102 valence electrons. The highest BCUT2D eigenvalue weighted by Gasteiger charge is 2.09. The Bertz CT molecular complexity index is 670. The second kappa shape index (κ2) is 6.01. The minimum atomic E-state index is -0.0629. The van der Waals surface area contributed by atoms with E-state index in [1.165, 1.54) is 0 Å². The summed E-state index contributed by atoms with van der Waals surface area (Å²) in [4.78, 5) is 16.9. The van der Waals surface area contributed by atoms with Gasteiger partial charge in [-0.2, -0.15) is 4.99 Å². The van der Waals surface area contributed by atoms with Gasteiger partial charge in [-0.3, -0.25) is 4.79 Å². The average Bonchev–Trinajstić information content (AvgIpc) is 2.67. The van der Waals surface area contributed by atoms with E-state index in [-0.39, 0.29) is 11.8 Å². The highest BCUT2D eigenvalue weighted by Crippen LogP contribution is 2.22. The fourth-order valence-corrected chi connectivity index (χ4v) is 3.41. The number of thiazole rings is 1. The molecule has 0 atom stereocenters. The first-order valence-corrected chi connectivity index (χ1v) is 8.01. The van der Waals surface area contributed by atoms with E-state index >= 15 is 0 Å². The normalized spacial score (nSPS) is 12.6. The zero-order chi connectivity index (χ0) is 14.0. The number of amides is 1. The summed E-state index contributed by atoms with van der Waals surface area (Å²) in [5, 5.41) is 0. The van der Waals surface area contributed by atoms with Crippen LogP contribution in [0.4, 0.5) is 0 Å². The van der Waals surface area contributed by atoms with Crippen molar-refractivity contribution in [2.24, 2.45) is 10.9 Å². The molecule has 2 aromatic rings. The summed E-state index contributed by atoms with van der Waals surface area (Å²) < 4.78 is 4.33. The molecule has 0 spiro atoms. The van der Waals surface area contributed by atoms with Gasteiger partial charge in [0.15, 0.2) is 4.80 Å². The molecule has 1 aromatic heterocycles. The third-order valence-electron chi connectivity index (χ3n) is 2.79. The van der Waals surface area contributed by atoms with Crippen LogP contribution in [-0.4, -0.2) is 10.5 Å². The van der Waals surface area contributed by atoms with E-state index in [1.807, 2.05) is 19.9 Å². The molecule has 0 N–H and O–H groups in total. The van der Waals surface area contributed by atoms with E-state index in [0.717, 1.165) is 32.5 Å². The second-order valence-corrected chi connectivity index (χ2v) is 6.68. The fourth-order valence-electron chi connectivity index (χ4n) is 1.80. The van der Waals surface area contributed by atoms with Crippen LogP contribution in [0.25, 0.3) is 10.2 Å². The molecule has 5 heteroatoms. The molecule has 0 aliphatic rings. The molecule has 0 fully saturated rings. The lowest BCUT2D eigenvalue weighted by Gasteiger charge is -2.03. The molecule has 19 heavy (non-hydrogen) atoms. The van der Waals surface area contributed by atoms with E-state index in [9.17, 15) is 4.79 Å². The third-order valence-corrected chi connectivity index (χ3v) is 4.33. The Balaban J connectivity index is 2.65. The number of aromatic nitrogens is 1. The second-order valence-electron chi connectivity index (χ2n) is 4.75. The molecule has 1 aromatic carbocycles. The average molecular weight is 341 g/mol. The summed E-state index contributed by atoms with van der Waals surface area (Å²) in [6.45, 7) is 6.76. The number of nitrogens with zero attached hydrogens (tertiary/aromatic N) is 2. The van der Waals surface area contributed by atoms with Gasteiger partial charge in [-0.1, -0.05) is 48.0 Å². The van der Waals surface area contributed by atoms with Gasteiger partial charge in [0, 0.05) is 16.9 Å². The van der Waals surface area contributed by atoms with Crippen molar-refractivity contribution in [2.75, 3.05) is 0 Å². The highest BCUT2D eigenvalue weighted by molar-refractivity contribution is 9.10. The summed E-state index contributed by atoms with van der Waals surface area (Å²) in [5.41, 5.74) is 1.14. The molecule has 2 rings (SSSR count). The number of hydrogen-bond acceptors (Lipinski definition) is 2. The summed E-state index contributed by atoms with van der Waals surface area (Å²) >= 11 is 5.05. The Labute approximate surface area is 125 Å². The van der Waals surface area contributed by atoms with Crippen molar-refractivity contribution in [3.8, 4) is 0 Å². The first kappa shape index (κ1) is 14.5. The van der Waals surface area contributed by atoms with Gasteiger partial charge < -0.3 is 4.57 Å². The van der Waals surface area contributed by atoms with Gasteiger partial charge in [-0.15, -0.1) is 0 Å². The molecule has 0 radical (unpaired) electrons. The molecule has 3 nitrogen and oxygen atoms in total. The molecule has 0 saturated heterocycles. The molecular formula is C14H17BrN2OS. The molecule has 0 unspecified atom stereocenters. The maximum atomic E-state index is 11.8. The van der Waals surface area contributed by atoms with Crippen LogP contribution < -0.4 is 4.80 Å². The van der Waals surface area contributed by atoms with Crippen LogP contribution in [0.2, 0.25) is 0 Å². The molecule has 0 bridgehead atoms. The van der Waals surface area contributed by atoms with Crippen molar-refractivity contribution >= 4 is 43.4 Å². The van der Waals surface area contributed by atoms with Crippen molar-refractivity contribution in [2.45, 2.75) is 33.7 Å².